The monoisotopic (exact) mass is 547 g/mol. The minimum Gasteiger partial charge on any atom is -0.495 e. The summed E-state index contributed by atoms with van der Waals surface area (Å²) in [6, 6.07) is 12.3. The summed E-state index contributed by atoms with van der Waals surface area (Å²) in [7, 11) is 1.72. The average molecular weight is 547 g/mol. The second-order valence-corrected chi connectivity index (χ2v) is 7.31. The highest BCUT2D eigenvalue weighted by Gasteiger charge is 2.21. The van der Waals surface area contributed by atoms with Gasteiger partial charge in [-0.05, 0) is 30.7 Å². The number of nitrogens with zero attached hydrogens (tertiary/aromatic N) is 6. The number of guanidine groups is 1. The Balaban J connectivity index is 0.00000289. The molecule has 0 unspecified atom stereocenters. The number of hydrogen-bond donors (Lipinski definition) is 1. The van der Waals surface area contributed by atoms with Gasteiger partial charge in [0.05, 0.1) is 19.3 Å². The van der Waals surface area contributed by atoms with Gasteiger partial charge in [-0.1, -0.05) is 18.2 Å². The highest BCUT2D eigenvalue weighted by molar-refractivity contribution is 14.0. The predicted molar refractivity (Wildman–Crippen MR) is 138 cm³/mol. The zero-order chi connectivity index (χ0) is 21.5. The van der Waals surface area contributed by atoms with E-state index in [1.54, 1.807) is 19.6 Å². The first-order chi connectivity index (χ1) is 15.3. The van der Waals surface area contributed by atoms with Crippen LogP contribution in [0.25, 0.3) is 5.82 Å². The lowest BCUT2D eigenvalue weighted by Gasteiger charge is -2.38. The molecule has 9 heteroatoms. The van der Waals surface area contributed by atoms with Crippen LogP contribution in [0.1, 0.15) is 12.5 Å². The van der Waals surface area contributed by atoms with Crippen molar-refractivity contribution in [3.05, 3.63) is 66.9 Å². The summed E-state index contributed by atoms with van der Waals surface area (Å²) in [5.41, 5.74) is 2.22. The number of para-hydroxylation sites is 2. The van der Waals surface area contributed by atoms with Gasteiger partial charge < -0.3 is 19.9 Å². The summed E-state index contributed by atoms with van der Waals surface area (Å²) < 4.78 is 7.42. The zero-order valence-corrected chi connectivity index (χ0v) is 20.8. The lowest BCUT2D eigenvalue weighted by molar-refractivity contribution is 0.367. The molecule has 1 N–H and O–H groups in total. The Morgan fingerprint density at radius 3 is 2.59 bits per heavy atom. The first kappa shape index (κ1) is 23.8. The van der Waals surface area contributed by atoms with Crippen molar-refractivity contribution in [2.24, 2.45) is 4.99 Å². The molecule has 2 aromatic heterocycles. The minimum atomic E-state index is 0. The zero-order valence-electron chi connectivity index (χ0n) is 18.5. The van der Waals surface area contributed by atoms with Crippen molar-refractivity contribution in [3.8, 4) is 11.6 Å². The Hall–Kier alpha value is -2.82. The molecule has 8 nitrogen and oxygen atoms in total. The molecular weight excluding hydrogens is 517 g/mol. The van der Waals surface area contributed by atoms with E-state index >= 15 is 0 Å². The van der Waals surface area contributed by atoms with Crippen LogP contribution in [0, 0.1) is 0 Å². The number of rotatable bonds is 6. The third-order valence-corrected chi connectivity index (χ3v) is 5.33. The average Bonchev–Trinajstić information content (AvgIpc) is 3.37. The van der Waals surface area contributed by atoms with Crippen molar-refractivity contribution in [1.82, 2.24) is 24.8 Å². The van der Waals surface area contributed by atoms with Crippen LogP contribution in [0.2, 0.25) is 0 Å². The predicted octanol–water partition coefficient (Wildman–Crippen LogP) is 3.18. The number of benzene rings is 1. The van der Waals surface area contributed by atoms with E-state index in [0.717, 1.165) is 61.5 Å². The molecule has 4 rings (SSSR count). The van der Waals surface area contributed by atoms with Gasteiger partial charge in [-0.25, -0.2) is 15.0 Å². The fourth-order valence-electron chi connectivity index (χ4n) is 3.70. The van der Waals surface area contributed by atoms with Crippen LogP contribution in [0.15, 0.2) is 66.3 Å². The molecule has 0 aliphatic carbocycles. The van der Waals surface area contributed by atoms with Crippen molar-refractivity contribution >= 4 is 35.6 Å². The van der Waals surface area contributed by atoms with Gasteiger partial charge in [0.15, 0.2) is 5.96 Å². The summed E-state index contributed by atoms with van der Waals surface area (Å²) in [5.74, 6) is 2.72. The number of nitrogens with one attached hydrogen (secondary N) is 1. The fraction of sp³-hybridized carbons (Fsp3) is 0.348. The first-order valence-corrected chi connectivity index (χ1v) is 10.6. The van der Waals surface area contributed by atoms with E-state index in [1.165, 1.54) is 0 Å². The summed E-state index contributed by atoms with van der Waals surface area (Å²) >= 11 is 0. The number of aromatic nitrogens is 3. The van der Waals surface area contributed by atoms with Crippen molar-refractivity contribution < 1.29 is 4.74 Å². The van der Waals surface area contributed by atoms with E-state index in [2.05, 4.69) is 50.2 Å². The number of ether oxygens (including phenoxy) is 1. The van der Waals surface area contributed by atoms with Crippen LogP contribution in [0.4, 0.5) is 5.69 Å². The number of hydrogen-bond acceptors (Lipinski definition) is 5. The summed E-state index contributed by atoms with van der Waals surface area (Å²) in [4.78, 5) is 18.1. The van der Waals surface area contributed by atoms with Crippen molar-refractivity contribution in [2.45, 2.75) is 13.5 Å². The molecule has 1 saturated heterocycles. The van der Waals surface area contributed by atoms with Gasteiger partial charge in [-0.15, -0.1) is 24.0 Å². The van der Waals surface area contributed by atoms with E-state index in [9.17, 15) is 0 Å². The third-order valence-electron chi connectivity index (χ3n) is 5.33. The van der Waals surface area contributed by atoms with Crippen LogP contribution in [0.5, 0.6) is 5.75 Å². The molecule has 170 valence electrons. The van der Waals surface area contributed by atoms with E-state index in [1.807, 2.05) is 35.2 Å². The second kappa shape index (κ2) is 11.7. The minimum absolute atomic E-state index is 0. The van der Waals surface area contributed by atoms with Gasteiger partial charge in [-0.2, -0.15) is 0 Å². The maximum atomic E-state index is 5.53. The maximum Gasteiger partial charge on any atom is 0.194 e. The number of aliphatic imine (C=N–C) groups is 1. The fourth-order valence-corrected chi connectivity index (χ4v) is 3.70. The van der Waals surface area contributed by atoms with Crippen LogP contribution < -0.4 is 15.0 Å². The van der Waals surface area contributed by atoms with E-state index in [-0.39, 0.29) is 24.0 Å². The molecule has 1 fully saturated rings. The van der Waals surface area contributed by atoms with Crippen LogP contribution in [-0.2, 0) is 6.54 Å². The summed E-state index contributed by atoms with van der Waals surface area (Å²) in [6.07, 6.45) is 7.25. The van der Waals surface area contributed by atoms with Gasteiger partial charge in [0.2, 0.25) is 0 Å². The van der Waals surface area contributed by atoms with Gasteiger partial charge in [-0.3, -0.25) is 4.57 Å². The number of anilines is 1. The second-order valence-electron chi connectivity index (χ2n) is 7.31. The Bertz CT molecular complexity index is 984. The summed E-state index contributed by atoms with van der Waals surface area (Å²) in [6.45, 7) is 7.18. The molecule has 0 atom stereocenters. The van der Waals surface area contributed by atoms with Gasteiger partial charge in [0.25, 0.3) is 0 Å². The van der Waals surface area contributed by atoms with E-state index in [4.69, 9.17) is 9.73 Å². The quantitative estimate of drug-likeness (QED) is 0.291. The molecule has 1 aromatic carbocycles. The van der Waals surface area contributed by atoms with E-state index < -0.39 is 0 Å². The summed E-state index contributed by atoms with van der Waals surface area (Å²) in [5, 5.41) is 3.43. The molecule has 0 radical (unpaired) electrons. The molecule has 0 bridgehead atoms. The van der Waals surface area contributed by atoms with Crippen LogP contribution in [0.3, 0.4) is 0 Å². The molecule has 0 saturated carbocycles. The lowest BCUT2D eigenvalue weighted by Crippen LogP contribution is -2.52. The third kappa shape index (κ3) is 5.70. The Morgan fingerprint density at radius 2 is 1.94 bits per heavy atom. The number of halogens is 1. The molecule has 3 aromatic rings. The molecule has 3 heterocycles. The Labute approximate surface area is 206 Å². The van der Waals surface area contributed by atoms with Crippen molar-refractivity contribution in [1.29, 1.82) is 0 Å². The molecule has 0 amide bonds. The SMILES string of the molecule is CCNC(=NCc1ccc(-n2ccnc2)nc1)N1CCN(c2ccccc2OC)CC1.I. The molecule has 1 aliphatic rings. The standard InChI is InChI=1S/C23H29N7O.HI/c1-3-25-23(27-17-19-8-9-22(26-16-19)30-11-10-24-18-30)29-14-12-28(13-15-29)20-6-4-5-7-21(20)31-2;/h4-11,16,18H,3,12-15,17H2,1-2H3,(H,25,27);1H. The van der Waals surface area contributed by atoms with Crippen LogP contribution >= 0.6 is 24.0 Å². The molecule has 0 spiro atoms. The topological polar surface area (TPSA) is 70.8 Å². The highest BCUT2D eigenvalue weighted by Crippen LogP contribution is 2.28. The smallest absolute Gasteiger partial charge is 0.194 e. The normalized spacial score (nSPS) is 14.1. The van der Waals surface area contributed by atoms with Crippen molar-refractivity contribution in [2.75, 3.05) is 44.7 Å². The number of pyridine rings is 1. The molecule has 32 heavy (non-hydrogen) atoms. The lowest BCUT2D eigenvalue weighted by atomic mass is 10.2. The highest BCUT2D eigenvalue weighted by atomic mass is 127. The largest absolute Gasteiger partial charge is 0.495 e. The number of imidazole rings is 1. The number of methoxy groups -OCH3 is 1. The number of piperazine rings is 1. The van der Waals surface area contributed by atoms with Crippen LogP contribution in [-0.4, -0.2) is 65.2 Å². The van der Waals surface area contributed by atoms with Gasteiger partial charge in [0.1, 0.15) is 17.9 Å². The molecular formula is C23H30IN7O. The maximum absolute atomic E-state index is 5.53. The first-order valence-electron chi connectivity index (χ1n) is 10.6. The Morgan fingerprint density at radius 1 is 1.12 bits per heavy atom. The van der Waals surface area contributed by atoms with Gasteiger partial charge >= 0.3 is 0 Å². The van der Waals surface area contributed by atoms with Gasteiger partial charge in [0, 0.05) is 51.3 Å². The van der Waals surface area contributed by atoms with Crippen molar-refractivity contribution in [3.63, 3.8) is 0 Å². The van der Waals surface area contributed by atoms with E-state index in [0.29, 0.717) is 6.54 Å². The Kier molecular flexibility index (Phi) is 8.72. The molecule has 1 aliphatic heterocycles.